The maximum atomic E-state index is 9.09. The number of unbranched alkanes of at least 4 members (excludes halogenated alkanes) is 3. The molecule has 73 heavy (non-hydrogen) atoms. The van der Waals surface area contributed by atoms with E-state index >= 15 is 0 Å². The van der Waals surface area contributed by atoms with Crippen LogP contribution >= 0.6 is 20.5 Å². The number of benzene rings is 9. The Kier molecular flexibility index (Phi) is 16.2. The van der Waals surface area contributed by atoms with Crippen molar-refractivity contribution < 1.29 is 13.3 Å². The van der Waals surface area contributed by atoms with Crippen molar-refractivity contribution in [1.82, 2.24) is 0 Å². The van der Waals surface area contributed by atoms with E-state index in [-0.39, 0.29) is 0 Å². The van der Waals surface area contributed by atoms with Crippen LogP contribution in [0.15, 0.2) is 273 Å². The molecule has 0 aliphatic heterocycles. The zero-order valence-corrected chi connectivity index (χ0v) is 45.7. The maximum absolute atomic E-state index is 9.09. The van der Waals surface area contributed by atoms with Gasteiger partial charge in [0.15, 0.2) is 0 Å². The topological polar surface area (TPSA) is 27.7 Å². The molecule has 0 saturated heterocycles. The predicted octanol–water partition coefficient (Wildman–Crippen LogP) is 13.8. The normalized spacial score (nSPS) is 13.6. The van der Waals surface area contributed by atoms with Gasteiger partial charge < -0.3 is 0 Å². The molecule has 0 aromatic heterocycles. The Morgan fingerprint density at radius 2 is 0.370 bits per heavy atom. The Bertz CT molecular complexity index is 2450. The van der Waals surface area contributed by atoms with Gasteiger partial charge in [-0.1, -0.05) is 0 Å². The van der Waals surface area contributed by atoms with Crippen LogP contribution in [-0.4, -0.2) is 25.8 Å². The van der Waals surface area contributed by atoms with Crippen LogP contribution in [0, 0.1) is 0 Å². The molecule has 0 heterocycles. The van der Waals surface area contributed by atoms with Crippen molar-refractivity contribution in [2.45, 2.75) is 59.3 Å². The fraction of sp³-hybridized carbons (Fsp3) is 0.182. The van der Waals surface area contributed by atoms with Gasteiger partial charge in [0.05, 0.1) is 0 Å². The molecule has 0 spiro atoms. The third-order valence-electron chi connectivity index (χ3n) is 15.5. The first-order chi connectivity index (χ1) is 35.9. The summed E-state index contributed by atoms with van der Waals surface area (Å²) in [6.07, 6.45) is 7.75. The van der Waals surface area contributed by atoms with E-state index in [1.165, 1.54) is 0 Å². The number of rotatable bonds is 24. The number of hydrogen-bond acceptors (Lipinski definition) is 3. The summed E-state index contributed by atoms with van der Waals surface area (Å²) < 4.78 is 27.3. The van der Waals surface area contributed by atoms with Crippen LogP contribution in [0.2, 0.25) is 0 Å². The second-order valence-electron chi connectivity index (χ2n) is 19.5. The van der Waals surface area contributed by atoms with Crippen LogP contribution in [0.3, 0.4) is 0 Å². The molecule has 0 radical (unpaired) electrons. The van der Waals surface area contributed by atoms with E-state index in [1.807, 2.05) is 0 Å². The first-order valence-corrected chi connectivity index (χ1v) is 33.6. The van der Waals surface area contributed by atoms with Crippen LogP contribution in [0.4, 0.5) is 0 Å². The molecular formula is C66H72BO3P3. The molecule has 0 bridgehead atoms. The minimum absolute atomic E-state index is 0.725. The third kappa shape index (κ3) is 9.00. The quantitative estimate of drug-likeness (QED) is 0.0446. The van der Waals surface area contributed by atoms with E-state index in [0.717, 1.165) is 105 Å². The standard InChI is InChI=1S/C66H72BO3P3/c1-4-7-55-71(58-37-19-10-20-38-58,59-39-21-11-22-40-59,60-41-23-12-24-42-60)68-67(69-72(56-8-5-2,61-43-25-13-26-44-61,62-45-27-14-28-46-62)63-47-29-15-30-48-63)70-73(57-9-6-3,64-49-31-16-32-50-64,65-51-33-17-34-52-65)66-53-35-18-36-54-66/h10-54H,4-9,55-57H2,1-3H3. The van der Waals surface area contributed by atoms with Crippen molar-refractivity contribution in [2.75, 3.05) is 18.5 Å². The molecule has 9 aromatic rings. The summed E-state index contributed by atoms with van der Waals surface area (Å²) in [5, 5.41) is 10.2. The first-order valence-electron chi connectivity index (χ1n) is 26.5. The van der Waals surface area contributed by atoms with Crippen molar-refractivity contribution in [3.05, 3.63) is 273 Å². The Morgan fingerprint density at radius 1 is 0.233 bits per heavy atom. The Morgan fingerprint density at radius 3 is 0.493 bits per heavy atom. The first kappa shape index (κ1) is 52.1. The molecule has 7 heteroatoms. The van der Waals surface area contributed by atoms with Gasteiger partial charge in [-0.05, 0) is 0 Å². The summed E-state index contributed by atoms with van der Waals surface area (Å²) in [4.78, 5) is 0. The molecule has 0 unspecified atom stereocenters. The molecule has 3 nitrogen and oxygen atoms in total. The summed E-state index contributed by atoms with van der Waals surface area (Å²) in [6, 6.07) is 100. The molecule has 0 atom stereocenters. The zero-order chi connectivity index (χ0) is 50.4. The van der Waals surface area contributed by atoms with Crippen LogP contribution in [0.5, 0.6) is 0 Å². The van der Waals surface area contributed by atoms with Gasteiger partial charge in [-0.15, -0.1) is 0 Å². The molecule has 372 valence electrons. The molecule has 9 aromatic carbocycles. The minimum atomic E-state index is -4.26. The van der Waals surface area contributed by atoms with Gasteiger partial charge in [0.2, 0.25) is 0 Å². The summed E-state index contributed by atoms with van der Waals surface area (Å²) in [5.74, 6) is 0. The van der Waals surface area contributed by atoms with E-state index < -0.39 is 27.8 Å². The van der Waals surface area contributed by atoms with Gasteiger partial charge in [0.1, 0.15) is 0 Å². The van der Waals surface area contributed by atoms with Crippen LogP contribution in [-0.2, 0) is 13.3 Å². The van der Waals surface area contributed by atoms with Crippen molar-refractivity contribution in [3.63, 3.8) is 0 Å². The Hall–Kier alpha value is -5.79. The average molecular weight is 1020 g/mol. The molecule has 0 aliphatic carbocycles. The molecule has 0 N–H and O–H groups in total. The third-order valence-corrected chi connectivity index (χ3v) is 33.4. The van der Waals surface area contributed by atoms with Gasteiger partial charge in [-0.25, -0.2) is 0 Å². The molecule has 0 amide bonds. The van der Waals surface area contributed by atoms with Gasteiger partial charge >= 0.3 is 440 Å². The van der Waals surface area contributed by atoms with E-state index in [9.17, 15) is 0 Å². The second-order valence-corrected chi connectivity index (χ2v) is 33.4. The molecule has 0 saturated carbocycles. The predicted molar refractivity (Wildman–Crippen MR) is 324 cm³/mol. The summed E-state index contributed by atoms with van der Waals surface area (Å²) >= 11 is 0. The van der Waals surface area contributed by atoms with Gasteiger partial charge in [0, 0.05) is 0 Å². The summed E-state index contributed by atoms with van der Waals surface area (Å²) in [5.41, 5.74) is 0. The van der Waals surface area contributed by atoms with Crippen molar-refractivity contribution >= 4 is 75.6 Å². The zero-order valence-electron chi connectivity index (χ0n) is 43.0. The monoisotopic (exact) mass is 1020 g/mol. The molecule has 0 fully saturated rings. The van der Waals surface area contributed by atoms with Gasteiger partial charge in [-0.2, -0.15) is 0 Å². The van der Waals surface area contributed by atoms with Gasteiger partial charge in [-0.3, -0.25) is 0 Å². The van der Waals surface area contributed by atoms with Crippen LogP contribution in [0.25, 0.3) is 0 Å². The second kappa shape index (κ2) is 22.8. The summed E-state index contributed by atoms with van der Waals surface area (Å²) in [6.45, 7) is -5.89. The molecule has 0 aliphatic rings. The van der Waals surface area contributed by atoms with Gasteiger partial charge in [0.25, 0.3) is 0 Å². The van der Waals surface area contributed by atoms with E-state index in [4.69, 9.17) is 13.3 Å². The Balaban J connectivity index is 1.54. The molecule has 9 rings (SSSR count). The fourth-order valence-electron chi connectivity index (χ4n) is 11.9. The average Bonchev–Trinajstić information content (AvgIpc) is 3.48. The van der Waals surface area contributed by atoms with E-state index in [2.05, 4.69) is 294 Å². The SMILES string of the molecule is CCCCP(OB(OP(CCCC)(c1ccccc1)(c1ccccc1)c1ccccc1)OP(CCCC)(c1ccccc1)(c1ccccc1)c1ccccc1)(c1ccccc1)(c1ccccc1)c1ccccc1. The van der Waals surface area contributed by atoms with Crippen molar-refractivity contribution in [1.29, 1.82) is 0 Å². The van der Waals surface area contributed by atoms with E-state index in [1.54, 1.807) is 0 Å². The number of hydrogen-bond donors (Lipinski definition) is 0. The fourth-order valence-corrected chi connectivity index (χ4v) is 29.9. The van der Waals surface area contributed by atoms with Crippen molar-refractivity contribution in [2.24, 2.45) is 0 Å². The molecular weight excluding hydrogens is 944 g/mol. The Labute approximate surface area is 437 Å². The summed E-state index contributed by atoms with van der Waals surface area (Å²) in [7, 11) is -1.29. The van der Waals surface area contributed by atoms with Crippen molar-refractivity contribution in [3.8, 4) is 0 Å². The van der Waals surface area contributed by atoms with Crippen LogP contribution in [0.1, 0.15) is 59.3 Å². The van der Waals surface area contributed by atoms with E-state index in [0.29, 0.717) is 0 Å². The van der Waals surface area contributed by atoms with Crippen LogP contribution < -0.4 is 47.7 Å².